The summed E-state index contributed by atoms with van der Waals surface area (Å²) in [7, 11) is 0.172. The highest BCUT2D eigenvalue weighted by Crippen LogP contribution is 2.38. The van der Waals surface area contributed by atoms with Crippen LogP contribution < -0.4 is 0 Å². The zero-order chi connectivity index (χ0) is 15.6. The van der Waals surface area contributed by atoms with Crippen LogP contribution in [0.4, 0.5) is 0 Å². The average Bonchev–Trinajstić information content (AvgIpc) is 2.67. The van der Waals surface area contributed by atoms with Crippen molar-refractivity contribution in [3.8, 4) is 0 Å². The summed E-state index contributed by atoms with van der Waals surface area (Å²) in [6, 6.07) is 0. The Kier molecular flexibility index (Phi) is 4.96. The maximum absolute atomic E-state index is 11.2. The van der Waals surface area contributed by atoms with Crippen molar-refractivity contribution in [1.82, 2.24) is 0 Å². The molecule has 0 spiro atoms. The maximum Gasteiger partial charge on any atom is 0.160 e. The van der Waals surface area contributed by atoms with Crippen molar-refractivity contribution in [1.29, 1.82) is 0 Å². The number of hydrogen-bond acceptors (Lipinski definition) is 1. The largest absolute Gasteiger partial charge is 0.275 e. The van der Waals surface area contributed by atoms with E-state index in [0.29, 0.717) is 12.1 Å². The second kappa shape index (κ2) is 6.54. The zero-order valence-corrected chi connectivity index (χ0v) is 14.4. The molecule has 0 heterocycles. The van der Waals surface area contributed by atoms with Crippen molar-refractivity contribution < 1.29 is 4.57 Å². The highest BCUT2D eigenvalue weighted by molar-refractivity contribution is 7.24. The fraction of sp³-hybridized carbons (Fsp3) is 0.368. The van der Waals surface area contributed by atoms with Gasteiger partial charge in [-0.25, -0.2) is 0 Å². The molecule has 0 aromatic rings. The molecule has 2 heteroatoms. The standard InChI is InChI=1S/C19H23OP/c1-12(2)16-8-7-14(4)19-15(5)13(3)6-9-17(11-21-20)18(19)10-16/h6-10,12H,11H2,1-5H3. The Morgan fingerprint density at radius 1 is 1.00 bits per heavy atom. The molecular weight excluding hydrogens is 275 g/mol. The molecule has 0 radical (unpaired) electrons. The fourth-order valence-electron chi connectivity index (χ4n) is 2.76. The van der Waals surface area contributed by atoms with Gasteiger partial charge in [0.25, 0.3) is 0 Å². The highest BCUT2D eigenvalue weighted by Gasteiger charge is 2.20. The van der Waals surface area contributed by atoms with Gasteiger partial charge in [0.15, 0.2) is 8.46 Å². The van der Waals surface area contributed by atoms with Gasteiger partial charge < -0.3 is 0 Å². The Hall–Kier alpha value is -1.46. The first-order valence-electron chi connectivity index (χ1n) is 7.44. The van der Waals surface area contributed by atoms with Crippen LogP contribution in [0.5, 0.6) is 0 Å². The third-order valence-corrected chi connectivity index (χ3v) is 4.72. The molecular formula is C19H23OP. The van der Waals surface area contributed by atoms with E-state index in [-0.39, 0.29) is 8.46 Å². The Morgan fingerprint density at radius 3 is 2.29 bits per heavy atom. The van der Waals surface area contributed by atoms with Gasteiger partial charge in [0.1, 0.15) is 0 Å². The molecule has 2 rings (SSSR count). The quantitative estimate of drug-likeness (QED) is 0.588. The molecule has 0 saturated carbocycles. The number of fused-ring (bicyclic) bond motifs is 1. The van der Waals surface area contributed by atoms with Crippen molar-refractivity contribution in [2.24, 2.45) is 5.92 Å². The summed E-state index contributed by atoms with van der Waals surface area (Å²) in [5.74, 6) is 0.476. The molecule has 0 aromatic carbocycles. The lowest BCUT2D eigenvalue weighted by atomic mass is 9.88. The van der Waals surface area contributed by atoms with E-state index in [2.05, 4.69) is 65.0 Å². The molecule has 0 saturated heterocycles. The van der Waals surface area contributed by atoms with E-state index in [0.717, 1.165) is 5.57 Å². The van der Waals surface area contributed by atoms with E-state index >= 15 is 0 Å². The summed E-state index contributed by atoms with van der Waals surface area (Å²) < 4.78 is 11.2. The third kappa shape index (κ3) is 3.24. The zero-order valence-electron chi connectivity index (χ0n) is 13.5. The summed E-state index contributed by atoms with van der Waals surface area (Å²) in [6.07, 6.45) is 11.5. The normalized spacial score (nSPS) is 19.2. The van der Waals surface area contributed by atoms with Gasteiger partial charge in [-0.1, -0.05) is 44.2 Å². The maximum atomic E-state index is 11.2. The van der Waals surface area contributed by atoms with Gasteiger partial charge >= 0.3 is 0 Å². The lowest BCUT2D eigenvalue weighted by Gasteiger charge is -2.17. The van der Waals surface area contributed by atoms with Crippen LogP contribution in [0.15, 0.2) is 69.4 Å². The van der Waals surface area contributed by atoms with Crippen molar-refractivity contribution in [2.45, 2.75) is 34.6 Å². The minimum absolute atomic E-state index is 0.172. The topological polar surface area (TPSA) is 17.1 Å². The van der Waals surface area contributed by atoms with E-state index < -0.39 is 0 Å². The first-order chi connectivity index (χ1) is 9.95. The van der Waals surface area contributed by atoms with Crippen LogP contribution in [0, 0.1) is 5.92 Å². The molecule has 1 nitrogen and oxygen atoms in total. The summed E-state index contributed by atoms with van der Waals surface area (Å²) in [5, 5.41) is 0. The smallest absolute Gasteiger partial charge is 0.160 e. The molecule has 2 aliphatic carbocycles. The Labute approximate surface area is 129 Å². The van der Waals surface area contributed by atoms with Crippen LogP contribution in [-0.2, 0) is 4.57 Å². The number of allylic oxidation sites excluding steroid dienone is 12. The molecule has 0 amide bonds. The molecule has 110 valence electrons. The Bertz CT molecular complexity index is 649. The second-order valence-electron chi connectivity index (χ2n) is 6.06. The van der Waals surface area contributed by atoms with Crippen LogP contribution in [0.3, 0.4) is 0 Å². The summed E-state index contributed by atoms with van der Waals surface area (Å²) in [5.41, 5.74) is 8.85. The molecule has 0 aliphatic heterocycles. The van der Waals surface area contributed by atoms with Gasteiger partial charge in [-0.05, 0) is 65.7 Å². The first kappa shape index (κ1) is 15.9. The molecule has 0 atom stereocenters. The molecule has 21 heavy (non-hydrogen) atoms. The van der Waals surface area contributed by atoms with Crippen LogP contribution in [0.1, 0.15) is 34.6 Å². The van der Waals surface area contributed by atoms with Crippen molar-refractivity contribution in [3.63, 3.8) is 0 Å². The van der Waals surface area contributed by atoms with Crippen molar-refractivity contribution in [3.05, 3.63) is 69.4 Å². The van der Waals surface area contributed by atoms with E-state index in [4.69, 9.17) is 0 Å². The highest BCUT2D eigenvalue weighted by atomic mass is 31.1. The molecule has 2 aliphatic rings. The molecule has 0 N–H and O–H groups in total. The van der Waals surface area contributed by atoms with Gasteiger partial charge in [0, 0.05) is 0 Å². The minimum Gasteiger partial charge on any atom is -0.275 e. The lowest BCUT2D eigenvalue weighted by Crippen LogP contribution is -2.01. The average molecular weight is 298 g/mol. The van der Waals surface area contributed by atoms with Crippen LogP contribution >= 0.6 is 8.46 Å². The predicted molar refractivity (Wildman–Crippen MR) is 91.8 cm³/mol. The van der Waals surface area contributed by atoms with E-state index in [1.165, 1.54) is 33.4 Å². The van der Waals surface area contributed by atoms with Gasteiger partial charge in [0.2, 0.25) is 0 Å². The Balaban J connectivity index is 2.72. The first-order valence-corrected chi connectivity index (χ1v) is 8.44. The third-order valence-electron chi connectivity index (χ3n) is 4.25. The predicted octanol–water partition coefficient (Wildman–Crippen LogP) is 5.95. The molecule has 0 bridgehead atoms. The monoisotopic (exact) mass is 298 g/mol. The summed E-state index contributed by atoms with van der Waals surface area (Å²) >= 11 is 0. The van der Waals surface area contributed by atoms with Gasteiger partial charge in [0.05, 0.1) is 6.16 Å². The Morgan fingerprint density at radius 2 is 1.67 bits per heavy atom. The fourth-order valence-corrected chi connectivity index (χ4v) is 3.17. The second-order valence-corrected chi connectivity index (χ2v) is 6.63. The van der Waals surface area contributed by atoms with Crippen LogP contribution in [0.25, 0.3) is 0 Å². The molecule has 0 unspecified atom stereocenters. The van der Waals surface area contributed by atoms with Crippen molar-refractivity contribution in [2.75, 3.05) is 6.16 Å². The van der Waals surface area contributed by atoms with Crippen molar-refractivity contribution >= 4 is 8.46 Å². The summed E-state index contributed by atoms with van der Waals surface area (Å²) in [6.45, 7) is 10.9. The van der Waals surface area contributed by atoms with E-state index in [1.807, 2.05) is 0 Å². The minimum atomic E-state index is 0.172. The summed E-state index contributed by atoms with van der Waals surface area (Å²) in [4.78, 5) is 0. The SMILES string of the molecule is CC1=CC=C(CP=O)C2=CC(C(C)C)=CC=C(C)C2=C1C. The van der Waals surface area contributed by atoms with Crippen LogP contribution in [0.2, 0.25) is 0 Å². The van der Waals surface area contributed by atoms with Gasteiger partial charge in [-0.15, -0.1) is 0 Å². The van der Waals surface area contributed by atoms with Gasteiger partial charge in [-0.3, -0.25) is 4.57 Å². The van der Waals surface area contributed by atoms with Gasteiger partial charge in [-0.2, -0.15) is 0 Å². The molecule has 0 aromatic heterocycles. The number of hydrogen-bond donors (Lipinski definition) is 0. The molecule has 0 fully saturated rings. The number of rotatable bonds is 3. The van der Waals surface area contributed by atoms with E-state index in [9.17, 15) is 4.57 Å². The van der Waals surface area contributed by atoms with Crippen LogP contribution in [-0.4, -0.2) is 6.16 Å². The van der Waals surface area contributed by atoms with E-state index in [1.54, 1.807) is 0 Å². The lowest BCUT2D eigenvalue weighted by molar-refractivity contribution is 0.599.